The van der Waals surface area contributed by atoms with E-state index < -0.39 is 21.2 Å². The number of hydrogen-bond donors (Lipinski definition) is 0. The summed E-state index contributed by atoms with van der Waals surface area (Å²) in [4.78, 5) is 0.398. The maximum absolute atomic E-state index is 12.7. The molecule has 0 aromatic carbocycles. The van der Waals surface area contributed by atoms with Gasteiger partial charge in [0.1, 0.15) is 15.2 Å². The van der Waals surface area contributed by atoms with Crippen LogP contribution in [0.1, 0.15) is 32.6 Å². The smallest absolute Gasteiger partial charge is 0.252 e. The van der Waals surface area contributed by atoms with Crippen LogP contribution in [-0.2, 0) is 14.8 Å². The van der Waals surface area contributed by atoms with Crippen molar-refractivity contribution in [3.05, 3.63) is 17.0 Å². The van der Waals surface area contributed by atoms with Crippen LogP contribution in [0.3, 0.4) is 0 Å². The molecule has 2 heterocycles. The van der Waals surface area contributed by atoms with Gasteiger partial charge in [0.15, 0.2) is 0 Å². The van der Waals surface area contributed by atoms with E-state index in [-0.39, 0.29) is 4.21 Å². The number of thiophene rings is 1. The van der Waals surface area contributed by atoms with E-state index in [1.807, 2.05) is 33.8 Å². The molecule has 110 valence electrons. The zero-order chi connectivity index (χ0) is 15.2. The Morgan fingerprint density at radius 2 is 1.80 bits per heavy atom. The van der Waals surface area contributed by atoms with Gasteiger partial charge in [-0.15, -0.1) is 11.3 Å². The van der Waals surface area contributed by atoms with Gasteiger partial charge in [0, 0.05) is 13.1 Å². The van der Waals surface area contributed by atoms with Gasteiger partial charge < -0.3 is 4.74 Å². The summed E-state index contributed by atoms with van der Waals surface area (Å²) in [5, 5.41) is 8.83. The van der Waals surface area contributed by atoms with Gasteiger partial charge in [-0.2, -0.15) is 9.57 Å². The van der Waals surface area contributed by atoms with Crippen LogP contribution in [0.2, 0.25) is 0 Å². The molecule has 0 bridgehead atoms. The predicted molar refractivity (Wildman–Crippen MR) is 77.0 cm³/mol. The molecule has 1 aromatic rings. The first-order valence-corrected chi connectivity index (χ1v) is 8.52. The monoisotopic (exact) mass is 314 g/mol. The molecule has 1 aliphatic heterocycles. The maximum Gasteiger partial charge on any atom is 0.252 e. The highest BCUT2D eigenvalue weighted by Gasteiger charge is 2.43. The van der Waals surface area contributed by atoms with E-state index in [1.54, 1.807) is 0 Å². The molecule has 0 atom stereocenters. The highest BCUT2D eigenvalue weighted by atomic mass is 32.2. The summed E-state index contributed by atoms with van der Waals surface area (Å²) in [5.74, 6) is 0. The lowest BCUT2D eigenvalue weighted by Crippen LogP contribution is -2.58. The van der Waals surface area contributed by atoms with Crippen LogP contribution in [0.15, 0.2) is 16.3 Å². The summed E-state index contributed by atoms with van der Waals surface area (Å²) in [6.07, 6.45) is 0. The number of sulfonamides is 1. The standard InChI is InChI=1S/C13H18N2O3S2/c1-12(2)8-15(9-13(3,4)18-12)20(16,17)11-6-5-10(7-14)19-11/h5-6H,8-9H2,1-4H3. The van der Waals surface area contributed by atoms with Gasteiger partial charge in [0.05, 0.1) is 11.2 Å². The summed E-state index contributed by atoms with van der Waals surface area (Å²) in [6.45, 7) is 8.13. The third-order valence-corrected chi connectivity index (χ3v) is 6.20. The molecule has 7 heteroatoms. The third-order valence-electron chi connectivity index (χ3n) is 2.95. The molecule has 0 spiro atoms. The molecule has 0 unspecified atom stereocenters. The van der Waals surface area contributed by atoms with Crippen LogP contribution >= 0.6 is 11.3 Å². The van der Waals surface area contributed by atoms with Gasteiger partial charge >= 0.3 is 0 Å². The summed E-state index contributed by atoms with van der Waals surface area (Å²) < 4.78 is 32.9. The normalized spacial score (nSPS) is 22.4. The fourth-order valence-corrected chi connectivity index (χ4v) is 5.53. The van der Waals surface area contributed by atoms with Crippen molar-refractivity contribution in [3.63, 3.8) is 0 Å². The predicted octanol–water partition coefficient (Wildman–Crippen LogP) is 2.20. The highest BCUT2D eigenvalue weighted by Crippen LogP contribution is 2.33. The molecule has 0 radical (unpaired) electrons. The van der Waals surface area contributed by atoms with Crippen molar-refractivity contribution in [2.45, 2.75) is 43.1 Å². The lowest BCUT2D eigenvalue weighted by Gasteiger charge is -2.46. The van der Waals surface area contributed by atoms with Crippen molar-refractivity contribution in [1.82, 2.24) is 4.31 Å². The van der Waals surface area contributed by atoms with E-state index in [0.717, 1.165) is 11.3 Å². The quantitative estimate of drug-likeness (QED) is 0.839. The number of nitrogens with zero attached hydrogens (tertiary/aromatic N) is 2. The van der Waals surface area contributed by atoms with Crippen LogP contribution in [0.4, 0.5) is 0 Å². The van der Waals surface area contributed by atoms with Crippen LogP contribution in [-0.4, -0.2) is 37.0 Å². The van der Waals surface area contributed by atoms with E-state index in [4.69, 9.17) is 10.00 Å². The van der Waals surface area contributed by atoms with E-state index in [1.165, 1.54) is 16.4 Å². The average molecular weight is 314 g/mol. The molecule has 0 amide bonds. The molecular weight excluding hydrogens is 296 g/mol. The second-order valence-electron chi connectivity index (χ2n) is 6.13. The fourth-order valence-electron chi connectivity index (χ4n) is 2.53. The van der Waals surface area contributed by atoms with Crippen LogP contribution in [0, 0.1) is 11.3 Å². The number of ether oxygens (including phenoxy) is 1. The first-order chi connectivity index (χ1) is 9.06. The Balaban J connectivity index is 2.36. The van der Waals surface area contributed by atoms with Gasteiger partial charge in [0.25, 0.3) is 10.0 Å². The molecule has 20 heavy (non-hydrogen) atoms. The maximum atomic E-state index is 12.7. The van der Waals surface area contributed by atoms with E-state index in [2.05, 4.69) is 0 Å². The van der Waals surface area contributed by atoms with Gasteiger partial charge in [0.2, 0.25) is 0 Å². The first-order valence-electron chi connectivity index (χ1n) is 6.26. The molecule has 1 saturated heterocycles. The molecule has 5 nitrogen and oxygen atoms in total. The van der Waals surface area contributed by atoms with Gasteiger partial charge in [-0.25, -0.2) is 8.42 Å². The summed E-state index contributed by atoms with van der Waals surface area (Å²) in [7, 11) is -3.57. The van der Waals surface area contributed by atoms with Crippen molar-refractivity contribution in [2.75, 3.05) is 13.1 Å². The average Bonchev–Trinajstić information content (AvgIpc) is 2.73. The molecule has 0 N–H and O–H groups in total. The van der Waals surface area contributed by atoms with E-state index in [9.17, 15) is 8.42 Å². The second-order valence-corrected chi connectivity index (χ2v) is 9.37. The van der Waals surface area contributed by atoms with Crippen molar-refractivity contribution in [1.29, 1.82) is 5.26 Å². The van der Waals surface area contributed by atoms with Crippen molar-refractivity contribution in [2.24, 2.45) is 0 Å². The summed E-state index contributed by atoms with van der Waals surface area (Å²) in [5.41, 5.74) is -1.08. The van der Waals surface area contributed by atoms with Crippen molar-refractivity contribution in [3.8, 4) is 6.07 Å². The summed E-state index contributed by atoms with van der Waals surface area (Å²) in [6, 6.07) is 5.00. The van der Waals surface area contributed by atoms with Gasteiger partial charge in [-0.3, -0.25) is 0 Å². The molecule has 2 rings (SSSR count). The SMILES string of the molecule is CC1(C)CN(S(=O)(=O)c2ccc(C#N)s2)CC(C)(C)O1. The minimum atomic E-state index is -3.57. The Bertz CT molecular complexity index is 637. The Kier molecular flexibility index (Phi) is 3.71. The first kappa shape index (κ1) is 15.4. The molecule has 0 aliphatic carbocycles. The van der Waals surface area contributed by atoms with Crippen molar-refractivity contribution >= 4 is 21.4 Å². The Hall–Kier alpha value is -0.940. The van der Waals surface area contributed by atoms with Gasteiger partial charge in [-0.05, 0) is 39.8 Å². The molecule has 1 aliphatic rings. The zero-order valence-electron chi connectivity index (χ0n) is 12.0. The second kappa shape index (κ2) is 4.81. The molecule has 0 saturated carbocycles. The van der Waals surface area contributed by atoms with E-state index >= 15 is 0 Å². The highest BCUT2D eigenvalue weighted by molar-refractivity contribution is 7.91. The number of hydrogen-bond acceptors (Lipinski definition) is 5. The van der Waals surface area contributed by atoms with Gasteiger partial charge in [-0.1, -0.05) is 0 Å². The number of morpholine rings is 1. The summed E-state index contributed by atoms with van der Waals surface area (Å²) >= 11 is 1.00. The van der Waals surface area contributed by atoms with Crippen molar-refractivity contribution < 1.29 is 13.2 Å². The molecular formula is C13H18N2O3S2. The van der Waals surface area contributed by atoms with Crippen LogP contribution in [0.5, 0.6) is 0 Å². The topological polar surface area (TPSA) is 70.4 Å². The third kappa shape index (κ3) is 3.04. The Labute approximate surface area is 123 Å². The van der Waals surface area contributed by atoms with Crippen LogP contribution in [0.25, 0.3) is 0 Å². The largest absolute Gasteiger partial charge is 0.367 e. The zero-order valence-corrected chi connectivity index (χ0v) is 13.6. The van der Waals surface area contributed by atoms with Crippen LogP contribution < -0.4 is 0 Å². The minimum absolute atomic E-state index is 0.211. The lowest BCUT2D eigenvalue weighted by molar-refractivity contribution is -0.163. The lowest BCUT2D eigenvalue weighted by atomic mass is 10.0. The Morgan fingerprint density at radius 1 is 1.25 bits per heavy atom. The molecule has 1 aromatic heterocycles. The fraction of sp³-hybridized carbons (Fsp3) is 0.615. The number of nitriles is 1. The molecule has 1 fully saturated rings. The van der Waals surface area contributed by atoms with E-state index in [0.29, 0.717) is 18.0 Å². The Morgan fingerprint density at radius 3 is 2.25 bits per heavy atom. The minimum Gasteiger partial charge on any atom is -0.367 e. The number of rotatable bonds is 2.